The Kier molecular flexibility index (Phi) is 5.96. The molecule has 0 saturated carbocycles. The molecule has 0 amide bonds. The van der Waals surface area contributed by atoms with Crippen LogP contribution in [0.15, 0.2) is 24.3 Å². The van der Waals surface area contributed by atoms with Crippen LogP contribution in [0.1, 0.15) is 19.8 Å². The van der Waals surface area contributed by atoms with Gasteiger partial charge in [0, 0.05) is 11.6 Å². The molecule has 0 spiro atoms. The molecule has 0 aliphatic carbocycles. The first-order valence-electron chi connectivity index (χ1n) is 5.28. The second-order valence-electron chi connectivity index (χ2n) is 3.37. The van der Waals surface area contributed by atoms with Gasteiger partial charge in [-0.25, -0.2) is 0 Å². The van der Waals surface area contributed by atoms with Gasteiger partial charge in [-0.05, 0) is 42.9 Å². The lowest BCUT2D eigenvalue weighted by molar-refractivity contribution is 0.748. The van der Waals surface area contributed by atoms with E-state index in [9.17, 15) is 0 Å². The monoisotopic (exact) mass is 257 g/mol. The summed E-state index contributed by atoms with van der Waals surface area (Å²) in [6.07, 6.45) is 2.27. The molecule has 0 unspecified atom stereocenters. The number of benzene rings is 1. The molecule has 16 heavy (non-hydrogen) atoms. The molecule has 1 aromatic rings. The van der Waals surface area contributed by atoms with E-state index in [1.54, 1.807) is 0 Å². The van der Waals surface area contributed by atoms with E-state index in [0.29, 0.717) is 10.1 Å². The fraction of sp³-hybridized carbons (Fsp3) is 0.364. The molecule has 5 heteroatoms. The summed E-state index contributed by atoms with van der Waals surface area (Å²) in [7, 11) is 0. The lowest BCUT2D eigenvalue weighted by Gasteiger charge is -2.12. The van der Waals surface area contributed by atoms with E-state index in [1.807, 2.05) is 24.3 Å². The van der Waals surface area contributed by atoms with Gasteiger partial charge in [-0.2, -0.15) is 0 Å². The molecule has 0 aromatic heterocycles. The lowest BCUT2D eigenvalue weighted by Crippen LogP contribution is -2.39. The highest BCUT2D eigenvalue weighted by molar-refractivity contribution is 7.80. The number of anilines is 1. The summed E-state index contributed by atoms with van der Waals surface area (Å²) in [5.74, 6) is 0. The van der Waals surface area contributed by atoms with E-state index in [-0.39, 0.29) is 0 Å². The van der Waals surface area contributed by atoms with Gasteiger partial charge in [-0.1, -0.05) is 24.9 Å². The SMILES string of the molecule is CCCCNC(=S)NNc1ccc(Cl)cc1. The molecule has 1 aromatic carbocycles. The standard InChI is InChI=1S/C11H16ClN3S/c1-2-3-8-13-11(16)15-14-10-6-4-9(12)5-7-10/h4-7,14H,2-3,8H2,1H3,(H2,13,15,16). The fourth-order valence-corrected chi connectivity index (χ4v) is 1.36. The number of rotatable bonds is 5. The van der Waals surface area contributed by atoms with Crippen LogP contribution in [-0.2, 0) is 0 Å². The van der Waals surface area contributed by atoms with Gasteiger partial charge < -0.3 is 5.32 Å². The van der Waals surface area contributed by atoms with E-state index in [2.05, 4.69) is 23.1 Å². The first-order valence-corrected chi connectivity index (χ1v) is 6.06. The largest absolute Gasteiger partial charge is 0.361 e. The minimum Gasteiger partial charge on any atom is -0.361 e. The zero-order chi connectivity index (χ0) is 11.8. The van der Waals surface area contributed by atoms with Gasteiger partial charge >= 0.3 is 0 Å². The van der Waals surface area contributed by atoms with E-state index in [1.165, 1.54) is 0 Å². The predicted molar refractivity (Wildman–Crippen MR) is 73.7 cm³/mol. The average molecular weight is 258 g/mol. The summed E-state index contributed by atoms with van der Waals surface area (Å²) in [6.45, 7) is 3.04. The Labute approximate surface area is 107 Å². The van der Waals surface area contributed by atoms with Crippen molar-refractivity contribution in [3.8, 4) is 0 Å². The summed E-state index contributed by atoms with van der Waals surface area (Å²) in [4.78, 5) is 0. The molecule has 0 radical (unpaired) electrons. The molecular weight excluding hydrogens is 242 g/mol. The number of thiocarbonyl (C=S) groups is 1. The highest BCUT2D eigenvalue weighted by atomic mass is 35.5. The van der Waals surface area contributed by atoms with Crippen molar-refractivity contribution in [3.05, 3.63) is 29.3 Å². The van der Waals surface area contributed by atoms with Crippen LogP contribution >= 0.6 is 23.8 Å². The Morgan fingerprint density at radius 2 is 2.00 bits per heavy atom. The van der Waals surface area contributed by atoms with Crippen LogP contribution in [0, 0.1) is 0 Å². The van der Waals surface area contributed by atoms with Crippen LogP contribution in [0.4, 0.5) is 5.69 Å². The maximum absolute atomic E-state index is 5.77. The normalized spacial score (nSPS) is 9.62. The molecule has 3 nitrogen and oxygen atoms in total. The Hall–Kier alpha value is -1.00. The molecule has 0 heterocycles. The second-order valence-corrected chi connectivity index (χ2v) is 4.21. The fourth-order valence-electron chi connectivity index (χ4n) is 1.09. The van der Waals surface area contributed by atoms with Crippen molar-refractivity contribution in [2.24, 2.45) is 0 Å². The van der Waals surface area contributed by atoms with Crippen molar-refractivity contribution in [2.45, 2.75) is 19.8 Å². The van der Waals surface area contributed by atoms with Crippen molar-refractivity contribution in [3.63, 3.8) is 0 Å². The van der Waals surface area contributed by atoms with Crippen LogP contribution in [0.3, 0.4) is 0 Å². The highest BCUT2D eigenvalue weighted by Crippen LogP contribution is 2.12. The van der Waals surface area contributed by atoms with Gasteiger partial charge in [-0.15, -0.1) is 0 Å². The summed E-state index contributed by atoms with van der Waals surface area (Å²) in [5, 5.41) is 4.41. The summed E-state index contributed by atoms with van der Waals surface area (Å²) < 4.78 is 0. The van der Waals surface area contributed by atoms with Gasteiger partial charge in [0.2, 0.25) is 0 Å². The van der Waals surface area contributed by atoms with Crippen LogP contribution in [0.2, 0.25) is 5.02 Å². The zero-order valence-electron chi connectivity index (χ0n) is 9.22. The molecule has 0 bridgehead atoms. The van der Waals surface area contributed by atoms with Gasteiger partial charge in [-0.3, -0.25) is 10.9 Å². The van der Waals surface area contributed by atoms with Gasteiger partial charge in [0.05, 0.1) is 5.69 Å². The first kappa shape index (κ1) is 13.1. The van der Waals surface area contributed by atoms with Crippen LogP contribution in [0.5, 0.6) is 0 Å². The van der Waals surface area contributed by atoms with E-state index < -0.39 is 0 Å². The predicted octanol–water partition coefficient (Wildman–Crippen LogP) is 2.93. The molecule has 0 aliphatic rings. The number of unbranched alkanes of at least 4 members (excludes halogenated alkanes) is 1. The molecule has 0 saturated heterocycles. The van der Waals surface area contributed by atoms with Crippen molar-refractivity contribution in [1.82, 2.24) is 10.7 Å². The third-order valence-corrected chi connectivity index (χ3v) is 2.48. The van der Waals surface area contributed by atoms with Crippen LogP contribution in [-0.4, -0.2) is 11.7 Å². The quantitative estimate of drug-likeness (QED) is 0.431. The molecule has 88 valence electrons. The van der Waals surface area contributed by atoms with E-state index in [0.717, 1.165) is 25.1 Å². The molecule has 1 rings (SSSR count). The minimum atomic E-state index is 0.600. The minimum absolute atomic E-state index is 0.600. The second kappa shape index (κ2) is 7.30. The number of nitrogens with one attached hydrogen (secondary N) is 3. The topological polar surface area (TPSA) is 36.1 Å². The average Bonchev–Trinajstić information content (AvgIpc) is 2.29. The van der Waals surface area contributed by atoms with Crippen molar-refractivity contribution in [2.75, 3.05) is 12.0 Å². The smallest absolute Gasteiger partial charge is 0.185 e. The van der Waals surface area contributed by atoms with Crippen LogP contribution < -0.4 is 16.2 Å². The van der Waals surface area contributed by atoms with Crippen molar-refractivity contribution < 1.29 is 0 Å². The Morgan fingerprint density at radius 1 is 1.31 bits per heavy atom. The maximum Gasteiger partial charge on any atom is 0.185 e. The summed E-state index contributed by atoms with van der Waals surface area (Å²) in [6, 6.07) is 7.40. The van der Waals surface area contributed by atoms with Gasteiger partial charge in [0.25, 0.3) is 0 Å². The third kappa shape index (κ3) is 5.19. The molecule has 3 N–H and O–H groups in total. The highest BCUT2D eigenvalue weighted by Gasteiger charge is 1.94. The number of hydrazine groups is 1. The number of hydrogen-bond acceptors (Lipinski definition) is 2. The maximum atomic E-state index is 5.77. The third-order valence-electron chi connectivity index (χ3n) is 1.98. The number of hydrogen-bond donors (Lipinski definition) is 3. The molecule has 0 fully saturated rings. The molecule has 0 atom stereocenters. The number of halogens is 1. The first-order chi connectivity index (χ1) is 7.72. The summed E-state index contributed by atoms with van der Waals surface area (Å²) in [5.41, 5.74) is 6.81. The van der Waals surface area contributed by atoms with E-state index >= 15 is 0 Å². The Morgan fingerprint density at radius 3 is 2.62 bits per heavy atom. The van der Waals surface area contributed by atoms with Crippen molar-refractivity contribution >= 4 is 34.6 Å². The van der Waals surface area contributed by atoms with Crippen LogP contribution in [0.25, 0.3) is 0 Å². The zero-order valence-corrected chi connectivity index (χ0v) is 10.8. The lowest BCUT2D eigenvalue weighted by atomic mass is 10.3. The van der Waals surface area contributed by atoms with E-state index in [4.69, 9.17) is 23.8 Å². The Balaban J connectivity index is 2.23. The molecule has 0 aliphatic heterocycles. The van der Waals surface area contributed by atoms with Gasteiger partial charge in [0.1, 0.15) is 0 Å². The Bertz CT molecular complexity index is 327. The van der Waals surface area contributed by atoms with Gasteiger partial charge in [0.15, 0.2) is 5.11 Å². The summed E-state index contributed by atoms with van der Waals surface area (Å²) >= 11 is 10.9. The van der Waals surface area contributed by atoms with Crippen molar-refractivity contribution in [1.29, 1.82) is 0 Å². The molecular formula is C11H16ClN3S.